The van der Waals surface area contributed by atoms with Gasteiger partial charge in [-0.05, 0) is 42.0 Å². The molecule has 4 nitrogen and oxygen atoms in total. The van der Waals surface area contributed by atoms with E-state index in [2.05, 4.69) is 34.3 Å². The fourth-order valence-corrected chi connectivity index (χ4v) is 2.51. The Kier molecular flexibility index (Phi) is 3.35. The van der Waals surface area contributed by atoms with Gasteiger partial charge in [0, 0.05) is 12.3 Å². The van der Waals surface area contributed by atoms with Crippen LogP contribution in [0.3, 0.4) is 0 Å². The summed E-state index contributed by atoms with van der Waals surface area (Å²) >= 11 is 0. The maximum absolute atomic E-state index is 5.89. The molecule has 2 aromatic heterocycles. The Labute approximate surface area is 129 Å². The van der Waals surface area contributed by atoms with Crippen molar-refractivity contribution in [3.63, 3.8) is 0 Å². The van der Waals surface area contributed by atoms with Gasteiger partial charge >= 0.3 is 0 Å². The zero-order valence-corrected chi connectivity index (χ0v) is 12.2. The molecule has 1 aliphatic rings. The van der Waals surface area contributed by atoms with Crippen LogP contribution < -0.4 is 4.74 Å². The maximum atomic E-state index is 5.89. The predicted octanol–water partition coefficient (Wildman–Crippen LogP) is 3.72. The van der Waals surface area contributed by atoms with E-state index in [0.717, 1.165) is 17.3 Å². The van der Waals surface area contributed by atoms with E-state index < -0.39 is 0 Å². The molecule has 4 heteroatoms. The van der Waals surface area contributed by atoms with Crippen molar-refractivity contribution in [3.05, 3.63) is 72.1 Å². The fraction of sp³-hybridized carbons (Fsp3) is 0.222. The summed E-state index contributed by atoms with van der Waals surface area (Å²) in [6.45, 7) is 0.531. The van der Waals surface area contributed by atoms with E-state index in [4.69, 9.17) is 4.74 Å². The summed E-state index contributed by atoms with van der Waals surface area (Å²) in [7, 11) is 0. The number of hydrogen-bond acceptors (Lipinski definition) is 3. The van der Waals surface area contributed by atoms with Gasteiger partial charge in [0.25, 0.3) is 0 Å². The number of pyridine rings is 1. The van der Waals surface area contributed by atoms with E-state index in [-0.39, 0.29) is 0 Å². The molecule has 2 heterocycles. The van der Waals surface area contributed by atoms with Gasteiger partial charge in [0.05, 0.1) is 6.20 Å². The quantitative estimate of drug-likeness (QED) is 0.719. The maximum Gasteiger partial charge on any atom is 0.218 e. The lowest BCUT2D eigenvalue weighted by Gasteiger charge is -2.09. The van der Waals surface area contributed by atoms with Crippen LogP contribution in [0, 0.1) is 0 Å². The number of hydrogen-bond donors (Lipinski definition) is 0. The molecule has 1 aromatic carbocycles. The van der Waals surface area contributed by atoms with Crippen LogP contribution in [0.1, 0.15) is 29.9 Å². The second kappa shape index (κ2) is 5.64. The molecule has 0 radical (unpaired) electrons. The highest BCUT2D eigenvalue weighted by Crippen LogP contribution is 2.39. The van der Waals surface area contributed by atoms with Crippen LogP contribution >= 0.6 is 0 Å². The molecule has 0 bridgehead atoms. The van der Waals surface area contributed by atoms with Crippen LogP contribution in [0.2, 0.25) is 0 Å². The lowest BCUT2D eigenvalue weighted by Crippen LogP contribution is -2.04. The van der Waals surface area contributed by atoms with Crippen LogP contribution in [0.15, 0.2) is 60.9 Å². The van der Waals surface area contributed by atoms with Crippen LogP contribution in [0.5, 0.6) is 5.88 Å². The van der Waals surface area contributed by atoms with Gasteiger partial charge < -0.3 is 4.74 Å². The monoisotopic (exact) mass is 291 g/mol. The third-order valence-corrected chi connectivity index (χ3v) is 3.89. The first-order valence-corrected chi connectivity index (χ1v) is 7.57. The average molecular weight is 291 g/mol. The summed E-state index contributed by atoms with van der Waals surface area (Å²) in [6, 6.07) is 16.3. The van der Waals surface area contributed by atoms with Crippen LogP contribution in [-0.2, 0) is 6.61 Å². The summed E-state index contributed by atoms with van der Waals surface area (Å²) in [4.78, 5) is 4.30. The van der Waals surface area contributed by atoms with E-state index in [0.29, 0.717) is 12.5 Å². The molecule has 0 unspecified atom stereocenters. The first kappa shape index (κ1) is 13.1. The van der Waals surface area contributed by atoms with Crippen molar-refractivity contribution in [1.29, 1.82) is 0 Å². The highest BCUT2D eigenvalue weighted by molar-refractivity contribution is 5.29. The summed E-state index contributed by atoms with van der Waals surface area (Å²) < 4.78 is 7.60. The Morgan fingerprint density at radius 3 is 2.59 bits per heavy atom. The summed E-state index contributed by atoms with van der Waals surface area (Å²) in [5.74, 6) is 2.25. The molecule has 0 spiro atoms. The predicted molar refractivity (Wildman–Crippen MR) is 84.1 cm³/mol. The summed E-state index contributed by atoms with van der Waals surface area (Å²) in [6.07, 6.45) is 6.13. The Morgan fingerprint density at radius 2 is 1.86 bits per heavy atom. The van der Waals surface area contributed by atoms with Gasteiger partial charge in [-0.25, -0.2) is 4.98 Å². The van der Waals surface area contributed by atoms with Gasteiger partial charge in [-0.2, -0.15) is 9.78 Å². The van der Waals surface area contributed by atoms with Gasteiger partial charge in [0.2, 0.25) is 5.88 Å². The molecule has 0 saturated heterocycles. The molecule has 0 N–H and O–H groups in total. The molecule has 1 fully saturated rings. The zero-order valence-electron chi connectivity index (χ0n) is 12.2. The van der Waals surface area contributed by atoms with Gasteiger partial charge in [-0.1, -0.05) is 30.3 Å². The van der Waals surface area contributed by atoms with Crippen molar-refractivity contribution < 1.29 is 4.74 Å². The first-order chi connectivity index (χ1) is 10.9. The lowest BCUT2D eigenvalue weighted by atomic mass is 10.1. The third kappa shape index (κ3) is 2.72. The SMILES string of the molecule is c1ccc(-n2nccc2OCc2ccc(C3CC3)cc2)nc1. The van der Waals surface area contributed by atoms with Gasteiger partial charge in [-0.15, -0.1) is 0 Å². The second-order valence-electron chi connectivity index (χ2n) is 5.57. The summed E-state index contributed by atoms with van der Waals surface area (Å²) in [5, 5.41) is 4.27. The Hall–Kier alpha value is -2.62. The minimum atomic E-state index is 0.531. The van der Waals surface area contributed by atoms with Crippen molar-refractivity contribution in [3.8, 4) is 11.7 Å². The smallest absolute Gasteiger partial charge is 0.218 e. The number of nitrogens with zero attached hydrogens (tertiary/aromatic N) is 3. The first-order valence-electron chi connectivity index (χ1n) is 7.57. The highest BCUT2D eigenvalue weighted by Gasteiger charge is 2.22. The lowest BCUT2D eigenvalue weighted by molar-refractivity contribution is 0.284. The molecule has 22 heavy (non-hydrogen) atoms. The van der Waals surface area contributed by atoms with Crippen molar-refractivity contribution in [1.82, 2.24) is 14.8 Å². The molecular weight excluding hydrogens is 274 g/mol. The van der Waals surface area contributed by atoms with Crippen molar-refractivity contribution >= 4 is 0 Å². The molecule has 110 valence electrons. The van der Waals surface area contributed by atoms with Crippen LogP contribution in [-0.4, -0.2) is 14.8 Å². The minimum absolute atomic E-state index is 0.531. The number of rotatable bonds is 5. The van der Waals surface area contributed by atoms with Gasteiger partial charge in [-0.3, -0.25) is 0 Å². The van der Waals surface area contributed by atoms with Gasteiger partial charge in [0.1, 0.15) is 6.61 Å². The van der Waals surface area contributed by atoms with E-state index in [1.165, 1.54) is 18.4 Å². The Morgan fingerprint density at radius 1 is 1.00 bits per heavy atom. The molecule has 3 aromatic rings. The van der Waals surface area contributed by atoms with Crippen molar-refractivity contribution in [2.45, 2.75) is 25.4 Å². The van der Waals surface area contributed by atoms with Crippen molar-refractivity contribution in [2.24, 2.45) is 0 Å². The van der Waals surface area contributed by atoms with E-state index in [1.807, 2.05) is 24.3 Å². The molecule has 0 amide bonds. The highest BCUT2D eigenvalue weighted by atomic mass is 16.5. The Balaban J connectivity index is 1.46. The molecule has 0 aliphatic heterocycles. The van der Waals surface area contributed by atoms with Crippen LogP contribution in [0.4, 0.5) is 0 Å². The number of benzene rings is 1. The molecule has 4 rings (SSSR count). The molecule has 1 aliphatic carbocycles. The van der Waals surface area contributed by atoms with Crippen molar-refractivity contribution in [2.75, 3.05) is 0 Å². The van der Waals surface area contributed by atoms with Gasteiger partial charge in [0.15, 0.2) is 5.82 Å². The molecule has 0 atom stereocenters. The normalized spacial score (nSPS) is 14.0. The number of aromatic nitrogens is 3. The Bertz CT molecular complexity index is 746. The average Bonchev–Trinajstić information content (AvgIpc) is 3.32. The minimum Gasteiger partial charge on any atom is -0.473 e. The largest absolute Gasteiger partial charge is 0.473 e. The van der Waals surface area contributed by atoms with Crippen LogP contribution in [0.25, 0.3) is 5.82 Å². The summed E-state index contributed by atoms with van der Waals surface area (Å²) in [5.41, 5.74) is 2.61. The standard InChI is InChI=1S/C18H17N3O/c1-2-11-19-17(3-1)21-18(10-12-20-21)22-13-14-4-6-15(7-5-14)16-8-9-16/h1-7,10-12,16H,8-9,13H2. The third-order valence-electron chi connectivity index (χ3n) is 3.89. The second-order valence-corrected chi connectivity index (χ2v) is 5.57. The van der Waals surface area contributed by atoms with E-state index >= 15 is 0 Å². The molecular formula is C18H17N3O. The topological polar surface area (TPSA) is 39.9 Å². The number of ether oxygens (including phenoxy) is 1. The fourth-order valence-electron chi connectivity index (χ4n) is 2.51. The molecule has 1 saturated carbocycles. The zero-order chi connectivity index (χ0) is 14.8. The van der Waals surface area contributed by atoms with E-state index in [9.17, 15) is 0 Å². The van der Waals surface area contributed by atoms with E-state index in [1.54, 1.807) is 17.1 Å².